The van der Waals surface area contributed by atoms with E-state index >= 15 is 0 Å². The van der Waals surface area contributed by atoms with E-state index in [0.717, 1.165) is 5.56 Å². The molecule has 1 aromatic carbocycles. The van der Waals surface area contributed by atoms with Gasteiger partial charge in [0.25, 0.3) is 0 Å². The number of hydrogen-bond acceptors (Lipinski definition) is 2. The molecular formula is C14H13Cl2NO3. The molecule has 0 spiro atoms. The summed E-state index contributed by atoms with van der Waals surface area (Å²) in [6, 6.07) is 5.36. The van der Waals surface area contributed by atoms with Crippen LogP contribution >= 0.6 is 23.2 Å². The Morgan fingerprint density at radius 3 is 2.60 bits per heavy atom. The molecule has 106 valence electrons. The van der Waals surface area contributed by atoms with Crippen molar-refractivity contribution in [3.05, 3.63) is 33.8 Å². The molecule has 2 saturated carbocycles. The summed E-state index contributed by atoms with van der Waals surface area (Å²) >= 11 is 12.1. The van der Waals surface area contributed by atoms with Crippen LogP contribution < -0.4 is 5.32 Å². The summed E-state index contributed by atoms with van der Waals surface area (Å²) in [7, 11) is 0. The molecule has 2 N–H and O–H groups in total. The summed E-state index contributed by atoms with van der Waals surface area (Å²) in [6.07, 6.45) is 1.69. The van der Waals surface area contributed by atoms with Crippen LogP contribution in [0.5, 0.6) is 0 Å². The largest absolute Gasteiger partial charge is 0.480 e. The van der Waals surface area contributed by atoms with E-state index in [1.165, 1.54) is 0 Å². The number of benzene rings is 1. The number of nitrogens with one attached hydrogen (secondary N) is 1. The number of carbonyl (C=O) groups excluding carboxylic acids is 1. The fourth-order valence-corrected chi connectivity index (χ4v) is 2.93. The number of amides is 1. The third-order valence-corrected chi connectivity index (χ3v) is 4.86. The average molecular weight is 314 g/mol. The Morgan fingerprint density at radius 1 is 1.30 bits per heavy atom. The molecule has 0 radical (unpaired) electrons. The van der Waals surface area contributed by atoms with Gasteiger partial charge in [-0.2, -0.15) is 0 Å². The lowest BCUT2D eigenvalue weighted by atomic mass is 10.1. The summed E-state index contributed by atoms with van der Waals surface area (Å²) in [4.78, 5) is 23.2. The van der Waals surface area contributed by atoms with Crippen molar-refractivity contribution in [2.45, 2.75) is 30.7 Å². The highest BCUT2D eigenvalue weighted by Gasteiger charge is 2.55. The molecule has 20 heavy (non-hydrogen) atoms. The van der Waals surface area contributed by atoms with Gasteiger partial charge in [-0.15, -0.1) is 0 Å². The summed E-state index contributed by atoms with van der Waals surface area (Å²) in [5.41, 5.74) is -0.165. The van der Waals surface area contributed by atoms with Gasteiger partial charge in [-0.25, -0.2) is 4.79 Å². The minimum absolute atomic E-state index is 0.0331. The molecule has 1 amide bonds. The molecule has 2 aliphatic carbocycles. The molecular weight excluding hydrogens is 301 g/mol. The lowest BCUT2D eigenvalue weighted by Crippen LogP contribution is -2.43. The van der Waals surface area contributed by atoms with Gasteiger partial charge >= 0.3 is 5.97 Å². The van der Waals surface area contributed by atoms with Crippen LogP contribution in [0.3, 0.4) is 0 Å². The quantitative estimate of drug-likeness (QED) is 0.898. The zero-order chi connectivity index (χ0) is 14.5. The molecule has 6 heteroatoms. The van der Waals surface area contributed by atoms with Crippen molar-refractivity contribution >= 4 is 35.1 Å². The highest BCUT2D eigenvalue weighted by molar-refractivity contribution is 6.42. The third-order valence-electron chi connectivity index (χ3n) is 4.03. The second-order valence-electron chi connectivity index (χ2n) is 5.47. The monoisotopic (exact) mass is 313 g/mol. The maximum atomic E-state index is 12.1. The van der Waals surface area contributed by atoms with Crippen LogP contribution in [0, 0.1) is 5.92 Å². The first kappa shape index (κ1) is 13.7. The summed E-state index contributed by atoms with van der Waals surface area (Å²) in [5, 5.41) is 12.7. The van der Waals surface area contributed by atoms with Crippen LogP contribution in [0.1, 0.15) is 30.7 Å². The standard InChI is InChI=1S/C14H13Cl2NO3/c15-10-3-1-2-7(11(10)16)8-6-9(8)12(18)17-14(4-5-14)13(19)20/h1-3,8-9H,4-6H2,(H,17,18)(H,19,20)/t8-,9-/m1/s1. The predicted octanol–water partition coefficient (Wildman–Crippen LogP) is 2.83. The molecule has 0 unspecified atom stereocenters. The molecule has 0 heterocycles. The molecule has 2 aliphatic rings. The fraction of sp³-hybridized carbons (Fsp3) is 0.429. The Bertz CT molecular complexity index is 598. The zero-order valence-electron chi connectivity index (χ0n) is 10.5. The smallest absolute Gasteiger partial charge is 0.329 e. The molecule has 0 aromatic heterocycles. The SMILES string of the molecule is O=C(NC1(C(=O)O)CC1)[C@@H]1C[C@@H]1c1cccc(Cl)c1Cl. The number of carboxylic acids is 1. The molecule has 1 aromatic rings. The van der Waals surface area contributed by atoms with Gasteiger partial charge in [-0.05, 0) is 36.8 Å². The molecule has 0 bridgehead atoms. The minimum Gasteiger partial charge on any atom is -0.480 e. The highest BCUT2D eigenvalue weighted by Crippen LogP contribution is 2.51. The Hall–Kier alpha value is -1.26. The van der Waals surface area contributed by atoms with Crippen molar-refractivity contribution in [1.82, 2.24) is 5.32 Å². The Labute approximate surface area is 126 Å². The lowest BCUT2D eigenvalue weighted by Gasteiger charge is -2.12. The van der Waals surface area contributed by atoms with Crippen LogP contribution in [0.15, 0.2) is 18.2 Å². The molecule has 0 aliphatic heterocycles. The lowest BCUT2D eigenvalue weighted by molar-refractivity contribution is -0.143. The van der Waals surface area contributed by atoms with Gasteiger partial charge in [0, 0.05) is 5.92 Å². The van der Waals surface area contributed by atoms with Gasteiger partial charge < -0.3 is 10.4 Å². The Morgan fingerprint density at radius 2 is 2.00 bits per heavy atom. The van der Waals surface area contributed by atoms with Gasteiger partial charge in [-0.1, -0.05) is 35.3 Å². The normalized spacial score (nSPS) is 25.9. The van der Waals surface area contributed by atoms with E-state index in [9.17, 15) is 9.59 Å². The van der Waals surface area contributed by atoms with Gasteiger partial charge in [0.1, 0.15) is 5.54 Å². The zero-order valence-corrected chi connectivity index (χ0v) is 12.0. The van der Waals surface area contributed by atoms with E-state index in [2.05, 4.69) is 5.32 Å². The summed E-state index contributed by atoms with van der Waals surface area (Å²) in [5.74, 6) is -1.33. The molecule has 2 atom stereocenters. The van der Waals surface area contributed by atoms with Crippen molar-refractivity contribution in [3.63, 3.8) is 0 Å². The van der Waals surface area contributed by atoms with Gasteiger partial charge in [0.05, 0.1) is 10.0 Å². The summed E-state index contributed by atoms with van der Waals surface area (Å²) < 4.78 is 0. The second-order valence-corrected chi connectivity index (χ2v) is 6.25. The molecule has 2 fully saturated rings. The first-order valence-electron chi connectivity index (χ1n) is 6.44. The topological polar surface area (TPSA) is 66.4 Å². The first-order valence-corrected chi connectivity index (χ1v) is 7.19. The number of aliphatic carboxylic acids is 1. The van der Waals surface area contributed by atoms with Crippen LogP contribution in [-0.2, 0) is 9.59 Å². The van der Waals surface area contributed by atoms with E-state index in [4.69, 9.17) is 28.3 Å². The average Bonchev–Trinajstić information content (AvgIpc) is 3.25. The summed E-state index contributed by atoms with van der Waals surface area (Å²) in [6.45, 7) is 0. The molecule has 4 nitrogen and oxygen atoms in total. The van der Waals surface area contributed by atoms with Crippen LogP contribution in [0.2, 0.25) is 10.0 Å². The van der Waals surface area contributed by atoms with E-state index in [1.54, 1.807) is 12.1 Å². The van der Waals surface area contributed by atoms with Gasteiger partial charge in [0.15, 0.2) is 0 Å². The Balaban J connectivity index is 1.69. The number of halogens is 2. The van der Waals surface area contributed by atoms with Gasteiger partial charge in [0.2, 0.25) is 5.91 Å². The number of hydrogen-bond donors (Lipinski definition) is 2. The molecule has 0 saturated heterocycles. The fourth-order valence-electron chi connectivity index (χ4n) is 2.48. The van der Waals surface area contributed by atoms with Crippen LogP contribution in [0.4, 0.5) is 0 Å². The highest BCUT2D eigenvalue weighted by atomic mass is 35.5. The Kier molecular flexibility index (Phi) is 3.18. The number of rotatable bonds is 4. The van der Waals surface area contributed by atoms with E-state index < -0.39 is 11.5 Å². The van der Waals surface area contributed by atoms with E-state index in [0.29, 0.717) is 29.3 Å². The van der Waals surface area contributed by atoms with Crippen molar-refractivity contribution in [2.75, 3.05) is 0 Å². The molecule has 3 rings (SSSR count). The van der Waals surface area contributed by atoms with Gasteiger partial charge in [-0.3, -0.25) is 4.79 Å². The number of carboxylic acid groups (broad SMARTS) is 1. The van der Waals surface area contributed by atoms with Crippen molar-refractivity contribution in [2.24, 2.45) is 5.92 Å². The second kappa shape index (κ2) is 4.64. The van der Waals surface area contributed by atoms with E-state index in [-0.39, 0.29) is 17.7 Å². The van der Waals surface area contributed by atoms with Crippen molar-refractivity contribution in [1.29, 1.82) is 0 Å². The van der Waals surface area contributed by atoms with Crippen LogP contribution in [-0.4, -0.2) is 22.5 Å². The van der Waals surface area contributed by atoms with Crippen molar-refractivity contribution in [3.8, 4) is 0 Å². The maximum Gasteiger partial charge on any atom is 0.329 e. The van der Waals surface area contributed by atoms with Crippen LogP contribution in [0.25, 0.3) is 0 Å². The maximum absolute atomic E-state index is 12.1. The van der Waals surface area contributed by atoms with Crippen molar-refractivity contribution < 1.29 is 14.7 Å². The third kappa shape index (κ3) is 2.27. The first-order chi connectivity index (χ1) is 9.44. The minimum atomic E-state index is -1.03. The predicted molar refractivity (Wildman–Crippen MR) is 75.1 cm³/mol. The number of carbonyl (C=O) groups is 2. The van der Waals surface area contributed by atoms with E-state index in [1.807, 2.05) is 6.07 Å².